The van der Waals surface area contributed by atoms with Gasteiger partial charge in [0.1, 0.15) is 29.4 Å². The van der Waals surface area contributed by atoms with Crippen LogP contribution in [-0.4, -0.2) is 86.7 Å². The number of ether oxygens (including phenoxy) is 4. The van der Waals surface area contributed by atoms with Crippen LogP contribution in [0, 0.1) is 16.0 Å². The van der Waals surface area contributed by atoms with Crippen LogP contribution in [0.1, 0.15) is 76.4 Å². The lowest BCUT2D eigenvalue weighted by atomic mass is 9.80. The third-order valence-corrected chi connectivity index (χ3v) is 13.7. The largest absolute Gasteiger partial charge is 0.497 e. The second-order valence-electron chi connectivity index (χ2n) is 17.0. The highest BCUT2D eigenvalue weighted by molar-refractivity contribution is 7.44. The van der Waals surface area contributed by atoms with E-state index in [1.807, 2.05) is 78.9 Å². The number of nitrogens with zero attached hydrogens (tertiary/aromatic N) is 5. The number of nitrogens with one attached hydrogen (secondary N) is 2. The van der Waals surface area contributed by atoms with E-state index in [9.17, 15) is 19.7 Å². The number of carbonyl (C=O) groups is 1. The van der Waals surface area contributed by atoms with E-state index in [0.29, 0.717) is 17.9 Å². The topological polar surface area (TPSA) is 194 Å². The van der Waals surface area contributed by atoms with E-state index in [1.54, 1.807) is 44.8 Å². The van der Waals surface area contributed by atoms with Gasteiger partial charge < -0.3 is 28.0 Å². The van der Waals surface area contributed by atoms with Crippen LogP contribution < -0.4 is 20.3 Å². The number of methoxy groups -OCH3 is 2. The fourth-order valence-electron chi connectivity index (χ4n) is 8.14. The number of fused-ring (bicyclic) bond motifs is 1. The maximum absolute atomic E-state index is 13.3. The van der Waals surface area contributed by atoms with E-state index in [2.05, 4.69) is 52.6 Å². The Labute approximate surface area is 390 Å². The molecule has 1 aliphatic heterocycles. The maximum atomic E-state index is 13.3. The van der Waals surface area contributed by atoms with Crippen LogP contribution in [0.3, 0.4) is 0 Å². The number of hydrogen-bond donors (Lipinski definition) is 2. The smallest absolute Gasteiger partial charge is 0.280 e. The summed E-state index contributed by atoms with van der Waals surface area (Å²) in [5.41, 5.74) is 2.02. The number of aromatic nitrogens is 4. The minimum Gasteiger partial charge on any atom is -0.497 e. The molecule has 1 saturated heterocycles. The molecule has 4 aromatic carbocycles. The molecular weight excluding hydrogens is 878 g/mol. The first-order valence-electron chi connectivity index (χ1n) is 22.3. The van der Waals surface area contributed by atoms with Crippen LogP contribution in [0.4, 0.5) is 11.6 Å². The number of aromatic amines is 1. The van der Waals surface area contributed by atoms with Crippen LogP contribution in [0.5, 0.6) is 11.5 Å². The predicted molar refractivity (Wildman–Crippen MR) is 255 cm³/mol. The molecule has 2 N–H and O–H groups in total. The van der Waals surface area contributed by atoms with Crippen molar-refractivity contribution in [1.82, 2.24) is 24.2 Å². The van der Waals surface area contributed by atoms with Gasteiger partial charge in [0.05, 0.1) is 44.8 Å². The fraction of sp³-hybridized carbons (Fsp3) is 0.388. The molecule has 0 radical (unpaired) electrons. The Kier molecular flexibility index (Phi) is 15.8. The average Bonchev–Trinajstić information content (AvgIpc) is 3.94. The highest BCUT2D eigenvalue weighted by atomic mass is 31.2. The van der Waals surface area contributed by atoms with Gasteiger partial charge in [0.15, 0.2) is 11.2 Å². The molecule has 7 rings (SSSR count). The van der Waals surface area contributed by atoms with Crippen molar-refractivity contribution in [3.63, 3.8) is 0 Å². The molecule has 1 fully saturated rings. The Balaban J connectivity index is 1.29. The van der Waals surface area contributed by atoms with E-state index in [4.69, 9.17) is 28.0 Å². The Bertz CT molecular complexity index is 2590. The number of rotatable bonds is 21. The van der Waals surface area contributed by atoms with E-state index in [0.717, 1.165) is 22.3 Å². The quantitative estimate of drug-likeness (QED) is 0.0301. The molecule has 0 bridgehead atoms. The van der Waals surface area contributed by atoms with Crippen LogP contribution in [-0.2, 0) is 35.3 Å². The lowest BCUT2D eigenvalue weighted by molar-refractivity contribution is -0.384. The second kappa shape index (κ2) is 21.7. The predicted octanol–water partition coefficient (Wildman–Crippen LogP) is 8.93. The molecule has 17 nitrogen and oxygen atoms in total. The van der Waals surface area contributed by atoms with Crippen molar-refractivity contribution in [3.05, 3.63) is 152 Å². The number of anilines is 1. The molecule has 18 heteroatoms. The Morgan fingerprint density at radius 3 is 2.06 bits per heavy atom. The minimum absolute atomic E-state index is 0.00953. The number of hydrogen-bond acceptors (Lipinski definition) is 13. The first-order chi connectivity index (χ1) is 32.2. The van der Waals surface area contributed by atoms with Gasteiger partial charge in [-0.05, 0) is 80.6 Å². The zero-order valence-corrected chi connectivity index (χ0v) is 39.8. The number of non-ortho nitro benzene ring substituents is 1. The highest BCUT2D eigenvalue weighted by Gasteiger charge is 2.45. The SMILES string of the molecule is COc1ccc(C(OC[C@H]2O[C@@H](n3cnc4c(=O)[nH]c(NC(=O)C(C)C)nc43)C[C@@H]2OP(OCCc2ccc([N+](=O)[O-])cc2)N(C(C)C)C(C)C)(c2ccccc2)c2ccc(OC)cc2)cc1. The van der Waals surface area contributed by atoms with Gasteiger partial charge in [-0.2, -0.15) is 4.98 Å². The van der Waals surface area contributed by atoms with Crippen molar-refractivity contribution < 1.29 is 37.7 Å². The number of H-pyrrole nitrogens is 1. The molecule has 1 amide bonds. The van der Waals surface area contributed by atoms with Gasteiger partial charge in [0, 0.05) is 36.6 Å². The maximum Gasteiger partial charge on any atom is 0.280 e. The lowest BCUT2D eigenvalue weighted by Gasteiger charge is -2.39. The summed E-state index contributed by atoms with van der Waals surface area (Å²) in [5, 5.41) is 14.0. The zero-order chi connectivity index (χ0) is 47.8. The second-order valence-corrected chi connectivity index (χ2v) is 18.4. The summed E-state index contributed by atoms with van der Waals surface area (Å²) in [6, 6.07) is 32.0. The molecule has 0 spiro atoms. The molecule has 1 unspecified atom stereocenters. The van der Waals surface area contributed by atoms with Gasteiger partial charge in [0.2, 0.25) is 11.9 Å². The summed E-state index contributed by atoms with van der Waals surface area (Å²) < 4.78 is 43.2. The Morgan fingerprint density at radius 2 is 1.51 bits per heavy atom. The standard InChI is InChI=1S/C49H58N7O10P/c1-31(2)46(57)52-48-51-45-44(47(58)53-48)50-30-54(45)43-28-41(66-67(55(32(3)4)33(5)6)64-27-26-34-14-20-38(21-15-34)56(59)60)42(65-43)29-63-49(35-12-10-9-11-13-35,36-16-22-39(61-7)23-17-36)37-18-24-40(62-8)25-19-37/h9-25,30-33,41-43H,26-29H2,1-8H3,(H2,51,52,53,57,58)/t41-,42+,43+,67?/m0/s1. The van der Waals surface area contributed by atoms with Crippen molar-refractivity contribution >= 4 is 37.2 Å². The summed E-state index contributed by atoms with van der Waals surface area (Å²) in [6.45, 7) is 12.1. The van der Waals surface area contributed by atoms with Crippen molar-refractivity contribution in [3.8, 4) is 11.5 Å². The normalized spacial score (nSPS) is 16.9. The summed E-state index contributed by atoms with van der Waals surface area (Å²) in [5.74, 6) is 0.691. The molecular formula is C49H58N7O10P. The summed E-state index contributed by atoms with van der Waals surface area (Å²) in [4.78, 5) is 48.6. The number of nitro groups is 1. The highest BCUT2D eigenvalue weighted by Crippen LogP contribution is 2.51. The summed E-state index contributed by atoms with van der Waals surface area (Å²) in [6.07, 6.45) is 0.153. The fourth-order valence-corrected chi connectivity index (χ4v) is 9.90. The van der Waals surface area contributed by atoms with Crippen LogP contribution >= 0.6 is 8.53 Å². The van der Waals surface area contributed by atoms with E-state index < -0.39 is 43.0 Å². The van der Waals surface area contributed by atoms with E-state index >= 15 is 0 Å². The average molecular weight is 936 g/mol. The van der Waals surface area contributed by atoms with E-state index in [1.165, 1.54) is 18.5 Å². The number of benzene rings is 4. The van der Waals surface area contributed by atoms with Crippen molar-refractivity contribution in [2.24, 2.45) is 5.92 Å². The Morgan fingerprint density at radius 1 is 0.910 bits per heavy atom. The van der Waals surface area contributed by atoms with E-state index in [-0.39, 0.29) is 66.3 Å². The van der Waals surface area contributed by atoms with Crippen LogP contribution in [0.15, 0.2) is 114 Å². The van der Waals surface area contributed by atoms with Crippen LogP contribution in [0.25, 0.3) is 11.2 Å². The molecule has 2 aromatic heterocycles. The monoisotopic (exact) mass is 935 g/mol. The molecule has 0 saturated carbocycles. The molecule has 1 aliphatic rings. The summed E-state index contributed by atoms with van der Waals surface area (Å²) >= 11 is 0. The van der Waals surface area contributed by atoms with Gasteiger partial charge in [-0.1, -0.05) is 80.6 Å². The summed E-state index contributed by atoms with van der Waals surface area (Å²) in [7, 11) is 1.49. The van der Waals surface area contributed by atoms with Crippen molar-refractivity contribution in [2.75, 3.05) is 32.8 Å². The number of nitro benzene ring substituents is 1. The van der Waals surface area contributed by atoms with Crippen LogP contribution in [0.2, 0.25) is 0 Å². The first-order valence-corrected chi connectivity index (χ1v) is 23.4. The lowest BCUT2D eigenvalue weighted by Crippen LogP contribution is -2.39. The third kappa shape index (κ3) is 11.0. The molecule has 67 heavy (non-hydrogen) atoms. The molecule has 3 heterocycles. The minimum atomic E-state index is -1.75. The van der Waals surface area contributed by atoms with Gasteiger partial charge >= 0.3 is 0 Å². The number of imidazole rings is 1. The molecule has 6 aromatic rings. The molecule has 0 aliphatic carbocycles. The number of amides is 1. The first kappa shape index (κ1) is 48.9. The van der Waals surface area contributed by atoms with Gasteiger partial charge in [0.25, 0.3) is 19.8 Å². The van der Waals surface area contributed by atoms with Gasteiger partial charge in [-0.15, -0.1) is 0 Å². The van der Waals surface area contributed by atoms with Crippen molar-refractivity contribution in [1.29, 1.82) is 0 Å². The van der Waals surface area contributed by atoms with Gasteiger partial charge in [-0.3, -0.25) is 34.6 Å². The zero-order valence-electron chi connectivity index (χ0n) is 39.0. The molecule has 4 atom stereocenters. The molecule has 354 valence electrons. The van der Waals surface area contributed by atoms with Gasteiger partial charge in [-0.25, -0.2) is 9.65 Å². The van der Waals surface area contributed by atoms with Crippen molar-refractivity contribution in [2.45, 2.75) is 90.5 Å². The number of carbonyl (C=O) groups excluding carboxylic acids is 1. The Hall–Kier alpha value is -6.07. The third-order valence-electron chi connectivity index (χ3n) is 11.5.